The first-order valence-corrected chi connectivity index (χ1v) is 10.7. The molecule has 0 spiro atoms. The molecule has 0 bridgehead atoms. The van der Waals surface area contributed by atoms with Crippen LogP contribution in [0.3, 0.4) is 0 Å². The van der Waals surface area contributed by atoms with Crippen molar-refractivity contribution in [1.82, 2.24) is 19.6 Å². The van der Waals surface area contributed by atoms with Crippen LogP contribution < -0.4 is 11.1 Å². The van der Waals surface area contributed by atoms with Crippen LogP contribution in [0.1, 0.15) is 31.2 Å². The lowest BCUT2D eigenvalue weighted by Crippen LogP contribution is -2.22. The van der Waals surface area contributed by atoms with Crippen LogP contribution in [-0.4, -0.2) is 31.5 Å². The largest absolute Gasteiger partial charge is 0.383 e. The van der Waals surface area contributed by atoms with Crippen LogP contribution in [0, 0.1) is 0 Å². The van der Waals surface area contributed by atoms with Gasteiger partial charge in [-0.3, -0.25) is 0 Å². The summed E-state index contributed by atoms with van der Waals surface area (Å²) in [6.45, 7) is 0. The summed E-state index contributed by atoms with van der Waals surface area (Å²) in [5.74, 6) is 0.370. The Balaban J connectivity index is 1.63. The maximum Gasteiger partial charge on any atom is 0.135 e. The SMILES string of the molecule is NC(=Nc1ccccc1Cl)c1cnn2cc(-c3cncnc3)cc2c1NC1CCCC1. The van der Waals surface area contributed by atoms with Gasteiger partial charge in [-0.25, -0.2) is 19.5 Å². The Bertz CT molecular complexity index is 1240. The molecule has 0 aliphatic heterocycles. The number of anilines is 1. The third kappa shape index (κ3) is 3.96. The van der Waals surface area contributed by atoms with Gasteiger partial charge in [0.2, 0.25) is 0 Å². The lowest BCUT2D eigenvalue weighted by atomic mass is 10.1. The molecule has 31 heavy (non-hydrogen) atoms. The van der Waals surface area contributed by atoms with Gasteiger partial charge in [0.15, 0.2) is 0 Å². The van der Waals surface area contributed by atoms with E-state index < -0.39 is 0 Å². The molecule has 1 aliphatic rings. The molecule has 0 unspecified atom stereocenters. The molecule has 0 amide bonds. The third-order valence-electron chi connectivity index (χ3n) is 5.60. The minimum absolute atomic E-state index is 0.370. The normalized spacial score (nSPS) is 14.9. The molecule has 0 radical (unpaired) electrons. The lowest BCUT2D eigenvalue weighted by Gasteiger charge is -2.18. The first-order chi connectivity index (χ1) is 15.2. The summed E-state index contributed by atoms with van der Waals surface area (Å²) in [7, 11) is 0. The van der Waals surface area contributed by atoms with Crippen LogP contribution in [-0.2, 0) is 0 Å². The van der Waals surface area contributed by atoms with Crippen molar-refractivity contribution in [2.45, 2.75) is 31.7 Å². The number of fused-ring (bicyclic) bond motifs is 1. The molecule has 156 valence electrons. The predicted octanol–water partition coefficient (Wildman–Crippen LogP) is 4.84. The molecule has 0 atom stereocenters. The van der Waals surface area contributed by atoms with Gasteiger partial charge in [0.1, 0.15) is 12.2 Å². The van der Waals surface area contributed by atoms with E-state index in [2.05, 4.69) is 31.4 Å². The number of hydrogen-bond acceptors (Lipinski definition) is 5. The molecule has 1 aromatic carbocycles. The van der Waals surface area contributed by atoms with Gasteiger partial charge < -0.3 is 11.1 Å². The van der Waals surface area contributed by atoms with Crippen molar-refractivity contribution in [1.29, 1.82) is 0 Å². The molecule has 3 heterocycles. The van der Waals surface area contributed by atoms with E-state index in [1.165, 1.54) is 19.2 Å². The van der Waals surface area contributed by atoms with E-state index in [1.54, 1.807) is 24.7 Å². The predicted molar refractivity (Wildman–Crippen MR) is 124 cm³/mol. The first kappa shape index (κ1) is 19.5. The van der Waals surface area contributed by atoms with Crippen LogP contribution in [0.5, 0.6) is 0 Å². The highest BCUT2D eigenvalue weighted by Gasteiger charge is 2.20. The van der Waals surface area contributed by atoms with Crippen LogP contribution in [0.25, 0.3) is 16.6 Å². The Kier molecular flexibility index (Phi) is 5.26. The average Bonchev–Trinajstić information content (AvgIpc) is 3.46. The van der Waals surface area contributed by atoms with Crippen molar-refractivity contribution in [3.05, 3.63) is 72.0 Å². The second-order valence-corrected chi connectivity index (χ2v) is 8.10. The maximum absolute atomic E-state index is 6.46. The zero-order valence-electron chi connectivity index (χ0n) is 16.9. The fourth-order valence-corrected chi connectivity index (χ4v) is 4.19. The van der Waals surface area contributed by atoms with Crippen LogP contribution in [0.15, 0.2) is 66.4 Å². The summed E-state index contributed by atoms with van der Waals surface area (Å²) in [4.78, 5) is 12.8. The van der Waals surface area contributed by atoms with Gasteiger partial charge in [-0.2, -0.15) is 5.10 Å². The molecule has 7 nitrogen and oxygen atoms in total. The quantitative estimate of drug-likeness (QED) is 0.348. The fraction of sp³-hybridized carbons (Fsp3) is 0.217. The standard InChI is InChI=1S/C23H22ClN7/c24-19-7-3-4-8-20(19)30-23(25)18-12-28-31-13-15(16-10-26-14-27-11-16)9-21(31)22(18)29-17-5-1-2-6-17/h3-4,7-14,17,29H,1-2,5-6H2,(H2,25,30). The van der Waals surface area contributed by atoms with Gasteiger partial charge in [-0.1, -0.05) is 36.6 Å². The van der Waals surface area contributed by atoms with E-state index in [4.69, 9.17) is 17.3 Å². The summed E-state index contributed by atoms with van der Waals surface area (Å²) in [5, 5.41) is 8.86. The number of nitrogens with one attached hydrogen (secondary N) is 1. The van der Waals surface area contributed by atoms with Crippen molar-refractivity contribution in [2.75, 3.05) is 5.32 Å². The number of rotatable bonds is 5. The number of aliphatic imine (C=N–C) groups is 1. The second kappa shape index (κ2) is 8.35. The molecule has 8 heteroatoms. The molecule has 4 aromatic rings. The zero-order chi connectivity index (χ0) is 21.2. The van der Waals surface area contributed by atoms with E-state index >= 15 is 0 Å². The van der Waals surface area contributed by atoms with Crippen molar-refractivity contribution in [3.8, 4) is 11.1 Å². The van der Waals surface area contributed by atoms with E-state index in [0.717, 1.165) is 40.7 Å². The molecule has 3 aromatic heterocycles. The zero-order valence-corrected chi connectivity index (χ0v) is 17.6. The van der Waals surface area contributed by atoms with Gasteiger partial charge in [-0.05, 0) is 31.0 Å². The molecule has 5 rings (SSSR count). The van der Waals surface area contributed by atoms with Gasteiger partial charge in [0.05, 0.1) is 33.7 Å². The Labute approximate surface area is 185 Å². The lowest BCUT2D eigenvalue weighted by molar-refractivity contribution is 0.754. The van der Waals surface area contributed by atoms with Gasteiger partial charge >= 0.3 is 0 Å². The molecule has 1 aliphatic carbocycles. The number of para-hydroxylation sites is 1. The Morgan fingerprint density at radius 2 is 1.87 bits per heavy atom. The van der Waals surface area contributed by atoms with Crippen LogP contribution in [0.4, 0.5) is 11.4 Å². The summed E-state index contributed by atoms with van der Waals surface area (Å²) in [5.41, 5.74) is 11.6. The Morgan fingerprint density at radius 1 is 1.10 bits per heavy atom. The van der Waals surface area contributed by atoms with E-state index in [0.29, 0.717) is 22.6 Å². The molecule has 0 saturated heterocycles. The molecular weight excluding hydrogens is 410 g/mol. The fourth-order valence-electron chi connectivity index (χ4n) is 4.02. The second-order valence-electron chi connectivity index (χ2n) is 7.69. The average molecular weight is 432 g/mol. The van der Waals surface area contributed by atoms with Crippen molar-refractivity contribution < 1.29 is 0 Å². The molecular formula is C23H22ClN7. The maximum atomic E-state index is 6.46. The summed E-state index contributed by atoms with van der Waals surface area (Å²) < 4.78 is 1.85. The highest BCUT2D eigenvalue weighted by atomic mass is 35.5. The topological polar surface area (TPSA) is 93.5 Å². The molecule has 1 fully saturated rings. The Morgan fingerprint density at radius 3 is 2.65 bits per heavy atom. The number of aromatic nitrogens is 4. The molecule has 3 N–H and O–H groups in total. The number of hydrogen-bond donors (Lipinski definition) is 2. The summed E-state index contributed by atoms with van der Waals surface area (Å²) in [6, 6.07) is 9.88. The van der Waals surface area contributed by atoms with E-state index in [9.17, 15) is 0 Å². The Hall–Kier alpha value is -3.45. The third-order valence-corrected chi connectivity index (χ3v) is 5.92. The monoisotopic (exact) mass is 431 g/mol. The number of nitrogens with two attached hydrogens (primary N) is 1. The van der Waals surface area contributed by atoms with Crippen LogP contribution in [0.2, 0.25) is 5.02 Å². The molecule has 1 saturated carbocycles. The van der Waals surface area contributed by atoms with E-state index in [1.807, 2.05) is 28.9 Å². The minimum atomic E-state index is 0.370. The first-order valence-electron chi connectivity index (χ1n) is 10.3. The number of benzene rings is 1. The smallest absolute Gasteiger partial charge is 0.135 e. The van der Waals surface area contributed by atoms with E-state index in [-0.39, 0.29) is 0 Å². The number of halogens is 1. The minimum Gasteiger partial charge on any atom is -0.383 e. The van der Waals surface area contributed by atoms with Crippen LogP contribution >= 0.6 is 11.6 Å². The van der Waals surface area contributed by atoms with Gasteiger partial charge in [0, 0.05) is 35.8 Å². The summed E-state index contributed by atoms with van der Waals surface area (Å²) >= 11 is 6.29. The number of amidine groups is 1. The van der Waals surface area contributed by atoms with Gasteiger partial charge in [-0.15, -0.1) is 0 Å². The van der Waals surface area contributed by atoms with Crippen molar-refractivity contribution in [3.63, 3.8) is 0 Å². The van der Waals surface area contributed by atoms with Crippen molar-refractivity contribution >= 4 is 34.3 Å². The van der Waals surface area contributed by atoms with Gasteiger partial charge in [0.25, 0.3) is 0 Å². The van der Waals surface area contributed by atoms with Crippen molar-refractivity contribution in [2.24, 2.45) is 10.7 Å². The summed E-state index contributed by atoms with van der Waals surface area (Å²) in [6.07, 6.45) is 13.6. The highest BCUT2D eigenvalue weighted by molar-refractivity contribution is 6.33. The highest BCUT2D eigenvalue weighted by Crippen LogP contribution is 2.32. The number of nitrogens with zero attached hydrogens (tertiary/aromatic N) is 5.